The first-order valence-electron chi connectivity index (χ1n) is 6.56. The number of hydrogen-bond donors (Lipinski definition) is 1. The number of hydrogen-bond acceptors (Lipinski definition) is 2. The van der Waals surface area contributed by atoms with E-state index >= 15 is 0 Å². The van der Waals surface area contributed by atoms with Gasteiger partial charge in [0.15, 0.2) is 0 Å². The standard InChI is InChI=1S/C14H22O2/c15-14(10-9-13-8-5-11-16-13)12-6-3-1-2-4-7-12/h5,8,11-12,14-15H,1-4,6-7,9-10H2. The zero-order valence-electron chi connectivity index (χ0n) is 9.90. The normalized spacial score (nSPS) is 20.6. The summed E-state index contributed by atoms with van der Waals surface area (Å²) >= 11 is 0. The van der Waals surface area contributed by atoms with E-state index < -0.39 is 0 Å². The van der Waals surface area contributed by atoms with Crippen LogP contribution in [-0.4, -0.2) is 11.2 Å². The number of aliphatic hydroxyl groups excluding tert-OH is 1. The van der Waals surface area contributed by atoms with Gasteiger partial charge in [-0.1, -0.05) is 25.7 Å². The number of aryl methyl sites for hydroxylation is 1. The molecule has 2 nitrogen and oxygen atoms in total. The Morgan fingerprint density at radius 2 is 2.00 bits per heavy atom. The number of furan rings is 1. The van der Waals surface area contributed by atoms with Gasteiger partial charge < -0.3 is 9.52 Å². The molecule has 1 unspecified atom stereocenters. The Kier molecular flexibility index (Phi) is 4.46. The van der Waals surface area contributed by atoms with Crippen LogP contribution in [0.1, 0.15) is 50.7 Å². The third-order valence-electron chi connectivity index (χ3n) is 3.71. The molecule has 90 valence electrons. The fourth-order valence-corrected chi connectivity index (χ4v) is 2.68. The Labute approximate surface area is 97.7 Å². The van der Waals surface area contributed by atoms with E-state index in [1.165, 1.54) is 38.5 Å². The third kappa shape index (κ3) is 3.38. The van der Waals surface area contributed by atoms with E-state index in [-0.39, 0.29) is 6.10 Å². The summed E-state index contributed by atoms with van der Waals surface area (Å²) in [4.78, 5) is 0. The Bertz CT molecular complexity index is 271. The van der Waals surface area contributed by atoms with Crippen LogP contribution in [-0.2, 0) is 6.42 Å². The van der Waals surface area contributed by atoms with Gasteiger partial charge in [0, 0.05) is 6.42 Å². The van der Waals surface area contributed by atoms with E-state index in [9.17, 15) is 5.11 Å². The molecule has 1 fully saturated rings. The minimum Gasteiger partial charge on any atom is -0.469 e. The van der Waals surface area contributed by atoms with Crippen molar-refractivity contribution in [3.05, 3.63) is 24.2 Å². The lowest BCUT2D eigenvalue weighted by atomic mass is 9.91. The van der Waals surface area contributed by atoms with Crippen LogP contribution < -0.4 is 0 Å². The zero-order chi connectivity index (χ0) is 11.2. The Balaban J connectivity index is 1.75. The van der Waals surface area contributed by atoms with Crippen LogP contribution in [0.25, 0.3) is 0 Å². The van der Waals surface area contributed by atoms with Crippen molar-refractivity contribution in [3.63, 3.8) is 0 Å². The molecule has 1 heterocycles. The molecule has 1 atom stereocenters. The summed E-state index contributed by atoms with van der Waals surface area (Å²) in [5, 5.41) is 10.2. The molecule has 2 heteroatoms. The van der Waals surface area contributed by atoms with Gasteiger partial charge in [0.1, 0.15) is 5.76 Å². The molecule has 0 spiro atoms. The SMILES string of the molecule is OC(CCc1ccco1)C1CCCCCC1. The monoisotopic (exact) mass is 222 g/mol. The van der Waals surface area contributed by atoms with E-state index in [2.05, 4.69) is 0 Å². The lowest BCUT2D eigenvalue weighted by Crippen LogP contribution is -2.20. The van der Waals surface area contributed by atoms with Gasteiger partial charge >= 0.3 is 0 Å². The largest absolute Gasteiger partial charge is 0.469 e. The fourth-order valence-electron chi connectivity index (χ4n) is 2.68. The van der Waals surface area contributed by atoms with Gasteiger partial charge in [0.25, 0.3) is 0 Å². The van der Waals surface area contributed by atoms with Gasteiger partial charge in [0.05, 0.1) is 12.4 Å². The summed E-state index contributed by atoms with van der Waals surface area (Å²) in [5.41, 5.74) is 0. The minimum atomic E-state index is -0.136. The van der Waals surface area contributed by atoms with Crippen molar-refractivity contribution >= 4 is 0 Å². The van der Waals surface area contributed by atoms with E-state index in [0.29, 0.717) is 5.92 Å². The van der Waals surface area contributed by atoms with Crippen LogP contribution in [0, 0.1) is 5.92 Å². The number of rotatable bonds is 4. The molecular weight excluding hydrogens is 200 g/mol. The van der Waals surface area contributed by atoms with Crippen LogP contribution in [0.2, 0.25) is 0 Å². The second-order valence-electron chi connectivity index (χ2n) is 4.94. The lowest BCUT2D eigenvalue weighted by molar-refractivity contribution is 0.0890. The zero-order valence-corrected chi connectivity index (χ0v) is 9.90. The van der Waals surface area contributed by atoms with Crippen LogP contribution in [0.4, 0.5) is 0 Å². The van der Waals surface area contributed by atoms with Crippen LogP contribution in [0.15, 0.2) is 22.8 Å². The first kappa shape index (κ1) is 11.7. The predicted molar refractivity (Wildman–Crippen MR) is 64.2 cm³/mol. The van der Waals surface area contributed by atoms with Crippen molar-refractivity contribution in [2.75, 3.05) is 0 Å². The van der Waals surface area contributed by atoms with Crippen LogP contribution in [0.3, 0.4) is 0 Å². The molecule has 1 aliphatic rings. The third-order valence-corrected chi connectivity index (χ3v) is 3.71. The summed E-state index contributed by atoms with van der Waals surface area (Å²) < 4.78 is 5.28. The van der Waals surface area contributed by atoms with Gasteiger partial charge in [-0.25, -0.2) is 0 Å². The van der Waals surface area contributed by atoms with Gasteiger partial charge in [0.2, 0.25) is 0 Å². The maximum atomic E-state index is 10.2. The highest BCUT2D eigenvalue weighted by molar-refractivity contribution is 4.98. The van der Waals surface area contributed by atoms with Crippen LogP contribution >= 0.6 is 0 Å². The van der Waals surface area contributed by atoms with Crippen molar-refractivity contribution in [1.29, 1.82) is 0 Å². The first-order valence-corrected chi connectivity index (χ1v) is 6.56. The maximum Gasteiger partial charge on any atom is 0.103 e. The minimum absolute atomic E-state index is 0.136. The molecule has 0 saturated heterocycles. The Morgan fingerprint density at radius 1 is 1.25 bits per heavy atom. The average molecular weight is 222 g/mol. The number of aliphatic hydroxyl groups is 1. The molecule has 2 rings (SSSR count). The topological polar surface area (TPSA) is 33.4 Å². The summed E-state index contributed by atoms with van der Waals surface area (Å²) in [7, 11) is 0. The lowest BCUT2D eigenvalue weighted by Gasteiger charge is -2.20. The Hall–Kier alpha value is -0.760. The highest BCUT2D eigenvalue weighted by atomic mass is 16.3. The molecule has 1 aliphatic carbocycles. The summed E-state index contributed by atoms with van der Waals surface area (Å²) in [6, 6.07) is 3.90. The predicted octanol–water partition coefficient (Wildman–Crippen LogP) is 3.54. The van der Waals surface area contributed by atoms with Crippen molar-refractivity contribution in [2.24, 2.45) is 5.92 Å². The highest BCUT2D eigenvalue weighted by Crippen LogP contribution is 2.27. The van der Waals surface area contributed by atoms with Crippen molar-refractivity contribution in [1.82, 2.24) is 0 Å². The molecule has 1 saturated carbocycles. The highest BCUT2D eigenvalue weighted by Gasteiger charge is 2.20. The smallest absolute Gasteiger partial charge is 0.103 e. The molecular formula is C14H22O2. The average Bonchev–Trinajstić information content (AvgIpc) is 2.66. The maximum absolute atomic E-state index is 10.2. The van der Waals surface area contributed by atoms with Crippen molar-refractivity contribution < 1.29 is 9.52 Å². The second-order valence-corrected chi connectivity index (χ2v) is 4.94. The van der Waals surface area contributed by atoms with Crippen molar-refractivity contribution in [3.8, 4) is 0 Å². The van der Waals surface area contributed by atoms with E-state index in [1.807, 2.05) is 12.1 Å². The molecule has 16 heavy (non-hydrogen) atoms. The molecule has 0 amide bonds. The summed E-state index contributed by atoms with van der Waals surface area (Å²) in [6.45, 7) is 0. The summed E-state index contributed by atoms with van der Waals surface area (Å²) in [6.07, 6.45) is 11.0. The molecule has 1 N–H and O–H groups in total. The molecule has 0 aliphatic heterocycles. The molecule has 0 bridgehead atoms. The Morgan fingerprint density at radius 3 is 2.62 bits per heavy atom. The van der Waals surface area contributed by atoms with E-state index in [4.69, 9.17) is 4.42 Å². The van der Waals surface area contributed by atoms with E-state index in [1.54, 1.807) is 6.26 Å². The van der Waals surface area contributed by atoms with Gasteiger partial charge in [-0.3, -0.25) is 0 Å². The van der Waals surface area contributed by atoms with Gasteiger partial charge in [-0.05, 0) is 37.3 Å². The van der Waals surface area contributed by atoms with Gasteiger partial charge in [-0.15, -0.1) is 0 Å². The van der Waals surface area contributed by atoms with E-state index in [0.717, 1.165) is 18.6 Å². The van der Waals surface area contributed by atoms with Crippen molar-refractivity contribution in [2.45, 2.75) is 57.5 Å². The van der Waals surface area contributed by atoms with Gasteiger partial charge in [-0.2, -0.15) is 0 Å². The fraction of sp³-hybridized carbons (Fsp3) is 0.714. The first-order chi connectivity index (χ1) is 7.86. The molecule has 0 radical (unpaired) electrons. The molecule has 1 aromatic rings. The van der Waals surface area contributed by atoms with Crippen LogP contribution in [0.5, 0.6) is 0 Å². The molecule has 1 aromatic heterocycles. The molecule has 0 aromatic carbocycles. The summed E-state index contributed by atoms with van der Waals surface area (Å²) in [5.74, 6) is 1.52. The quantitative estimate of drug-likeness (QED) is 0.790. The second kappa shape index (κ2) is 6.09.